The highest BCUT2D eigenvalue weighted by molar-refractivity contribution is 7.58. The van der Waals surface area contributed by atoms with Gasteiger partial charge in [-0.25, -0.2) is 0 Å². The molecule has 2 atom stereocenters. The van der Waals surface area contributed by atoms with E-state index in [4.69, 9.17) is 6.42 Å². The van der Waals surface area contributed by atoms with Gasteiger partial charge in [0.25, 0.3) is 5.85 Å². The Kier molecular flexibility index (Phi) is 1.62. The molecular formula is C6H8FO2P. The van der Waals surface area contributed by atoms with E-state index in [-0.39, 0.29) is 12.6 Å². The van der Waals surface area contributed by atoms with Gasteiger partial charge in [-0.2, -0.15) is 4.39 Å². The number of halogens is 1. The molecule has 0 aromatic heterocycles. The Morgan fingerprint density at radius 1 is 1.90 bits per heavy atom. The highest BCUT2D eigenvalue weighted by atomic mass is 31.2. The van der Waals surface area contributed by atoms with Gasteiger partial charge in [-0.15, -0.1) is 6.42 Å². The van der Waals surface area contributed by atoms with Crippen LogP contribution in [0, 0.1) is 12.3 Å². The molecule has 10 heavy (non-hydrogen) atoms. The smallest absolute Gasteiger partial charge is 0.277 e. The Balaban J connectivity index is 2.79. The third-order valence-corrected chi connectivity index (χ3v) is 3.10. The van der Waals surface area contributed by atoms with Gasteiger partial charge in [0.15, 0.2) is 0 Å². The van der Waals surface area contributed by atoms with E-state index < -0.39 is 13.2 Å². The van der Waals surface area contributed by atoms with Crippen LogP contribution in [-0.2, 0) is 9.09 Å². The summed E-state index contributed by atoms with van der Waals surface area (Å²) in [6.45, 7) is 1.39. The summed E-state index contributed by atoms with van der Waals surface area (Å²) in [6.07, 6.45) is 5.11. The van der Waals surface area contributed by atoms with Crippen molar-refractivity contribution in [3.63, 3.8) is 0 Å². The fourth-order valence-corrected chi connectivity index (χ4v) is 2.38. The molecule has 0 aliphatic carbocycles. The van der Waals surface area contributed by atoms with E-state index in [1.165, 1.54) is 6.66 Å². The summed E-state index contributed by atoms with van der Waals surface area (Å²) in [5.74, 6) is -0.230. The van der Waals surface area contributed by atoms with Crippen molar-refractivity contribution >= 4 is 7.37 Å². The van der Waals surface area contributed by atoms with Gasteiger partial charge in [0, 0.05) is 19.2 Å². The number of terminal acetylenes is 1. The molecule has 1 rings (SSSR count). The number of rotatable bonds is 0. The van der Waals surface area contributed by atoms with Crippen LogP contribution in [0.15, 0.2) is 0 Å². The second-order valence-corrected chi connectivity index (χ2v) is 5.11. The summed E-state index contributed by atoms with van der Waals surface area (Å²) in [5.41, 5.74) is 0. The zero-order valence-corrected chi connectivity index (χ0v) is 6.53. The van der Waals surface area contributed by atoms with Crippen LogP contribution in [0.4, 0.5) is 4.39 Å². The maximum atomic E-state index is 12.9. The average molecular weight is 162 g/mol. The monoisotopic (exact) mass is 162 g/mol. The molecule has 0 bridgehead atoms. The molecule has 1 aliphatic rings. The summed E-state index contributed by atoms with van der Waals surface area (Å²) in [7, 11) is -2.70. The molecule has 0 radical (unpaired) electrons. The molecule has 56 valence electrons. The van der Waals surface area contributed by atoms with E-state index in [1.807, 2.05) is 5.92 Å². The van der Waals surface area contributed by atoms with Crippen molar-refractivity contribution in [3.05, 3.63) is 0 Å². The van der Waals surface area contributed by atoms with E-state index in [2.05, 4.69) is 4.52 Å². The molecule has 0 amide bonds. The Labute approximate surface area is 59.2 Å². The van der Waals surface area contributed by atoms with Gasteiger partial charge in [0.05, 0.1) is 0 Å². The van der Waals surface area contributed by atoms with E-state index >= 15 is 0 Å². The first-order chi connectivity index (χ1) is 4.47. The number of hydrogen-bond acceptors (Lipinski definition) is 2. The molecule has 1 fully saturated rings. The van der Waals surface area contributed by atoms with Crippen molar-refractivity contribution in [2.75, 3.05) is 12.8 Å². The van der Waals surface area contributed by atoms with Crippen molar-refractivity contribution in [1.29, 1.82) is 0 Å². The standard InChI is InChI=1S/C6H8FO2P/c1-3-6(7)4-5-10(2,8)9-6/h1H,4-5H2,2H3. The molecule has 0 aromatic rings. The van der Waals surface area contributed by atoms with Gasteiger partial charge in [-0.3, -0.25) is 9.09 Å². The third kappa shape index (κ3) is 1.39. The lowest BCUT2D eigenvalue weighted by atomic mass is 10.2. The first kappa shape index (κ1) is 7.78. The normalized spacial score (nSPS) is 46.9. The predicted octanol–water partition coefficient (Wildman–Crippen LogP) is 1.61. The predicted molar refractivity (Wildman–Crippen MR) is 36.8 cm³/mol. The van der Waals surface area contributed by atoms with E-state index in [9.17, 15) is 8.96 Å². The van der Waals surface area contributed by atoms with Gasteiger partial charge in [-0.05, 0) is 5.92 Å². The molecule has 1 aliphatic heterocycles. The number of hydrogen-bond donors (Lipinski definition) is 0. The zero-order valence-electron chi connectivity index (χ0n) is 5.63. The first-order valence-corrected chi connectivity index (χ1v) is 5.17. The van der Waals surface area contributed by atoms with E-state index in [0.29, 0.717) is 0 Å². The quantitative estimate of drug-likeness (QED) is 0.399. The van der Waals surface area contributed by atoms with Crippen LogP contribution in [-0.4, -0.2) is 18.7 Å². The van der Waals surface area contributed by atoms with Gasteiger partial charge < -0.3 is 0 Å². The molecule has 1 saturated heterocycles. The van der Waals surface area contributed by atoms with Crippen LogP contribution in [0.3, 0.4) is 0 Å². The van der Waals surface area contributed by atoms with Crippen molar-refractivity contribution in [3.8, 4) is 12.3 Å². The summed E-state index contributed by atoms with van der Waals surface area (Å²) < 4.78 is 28.5. The minimum atomic E-state index is -2.70. The van der Waals surface area contributed by atoms with Crippen LogP contribution in [0.25, 0.3) is 0 Å². The summed E-state index contributed by atoms with van der Waals surface area (Å²) >= 11 is 0. The topological polar surface area (TPSA) is 26.3 Å². The first-order valence-electron chi connectivity index (χ1n) is 2.91. The molecule has 0 N–H and O–H groups in total. The largest absolute Gasteiger partial charge is 0.293 e. The summed E-state index contributed by atoms with van der Waals surface area (Å²) in [5, 5.41) is 0. The highest BCUT2D eigenvalue weighted by Crippen LogP contribution is 2.55. The molecule has 2 nitrogen and oxygen atoms in total. The average Bonchev–Trinajstić information content (AvgIpc) is 2.08. The second-order valence-electron chi connectivity index (χ2n) is 2.45. The molecule has 1 heterocycles. The van der Waals surface area contributed by atoms with Crippen LogP contribution in [0.2, 0.25) is 0 Å². The lowest BCUT2D eigenvalue weighted by Gasteiger charge is -2.10. The maximum absolute atomic E-state index is 12.9. The lowest BCUT2D eigenvalue weighted by molar-refractivity contribution is 0.0166. The molecule has 0 spiro atoms. The van der Waals surface area contributed by atoms with Gasteiger partial charge in [0.2, 0.25) is 7.37 Å². The zero-order chi connectivity index (χ0) is 7.83. The molecule has 2 unspecified atom stereocenters. The fraction of sp³-hybridized carbons (Fsp3) is 0.667. The molecular weight excluding hydrogens is 154 g/mol. The molecule has 0 aromatic carbocycles. The minimum absolute atomic E-state index is 0.0529. The van der Waals surface area contributed by atoms with Gasteiger partial charge in [0.1, 0.15) is 0 Å². The molecule has 0 saturated carbocycles. The Morgan fingerprint density at radius 3 is 2.70 bits per heavy atom. The Hall–Kier alpha value is -0.320. The van der Waals surface area contributed by atoms with E-state index in [0.717, 1.165) is 0 Å². The van der Waals surface area contributed by atoms with Crippen molar-refractivity contribution < 1.29 is 13.5 Å². The summed E-state index contributed by atoms with van der Waals surface area (Å²) in [4.78, 5) is 0. The van der Waals surface area contributed by atoms with Crippen molar-refractivity contribution in [2.24, 2.45) is 0 Å². The lowest BCUT2D eigenvalue weighted by Crippen LogP contribution is -2.16. The highest BCUT2D eigenvalue weighted by Gasteiger charge is 2.43. The van der Waals surface area contributed by atoms with E-state index in [1.54, 1.807) is 0 Å². The molecule has 4 heteroatoms. The van der Waals surface area contributed by atoms with Crippen LogP contribution in [0.1, 0.15) is 6.42 Å². The maximum Gasteiger partial charge on any atom is 0.277 e. The van der Waals surface area contributed by atoms with Crippen molar-refractivity contribution in [1.82, 2.24) is 0 Å². The number of alkyl halides is 1. The Morgan fingerprint density at radius 2 is 2.50 bits per heavy atom. The van der Waals surface area contributed by atoms with Crippen LogP contribution in [0.5, 0.6) is 0 Å². The SMILES string of the molecule is C#CC1(F)CCP(C)(=O)O1. The van der Waals surface area contributed by atoms with Crippen LogP contribution >= 0.6 is 7.37 Å². The van der Waals surface area contributed by atoms with Crippen LogP contribution < -0.4 is 0 Å². The van der Waals surface area contributed by atoms with Gasteiger partial charge in [-0.1, -0.05) is 0 Å². The Bertz CT molecular complexity index is 232. The fourth-order valence-electron chi connectivity index (χ4n) is 0.843. The van der Waals surface area contributed by atoms with Gasteiger partial charge >= 0.3 is 0 Å². The summed E-state index contributed by atoms with van der Waals surface area (Å²) in [6, 6.07) is 0. The second kappa shape index (κ2) is 2.08. The third-order valence-electron chi connectivity index (χ3n) is 1.39. The minimum Gasteiger partial charge on any atom is -0.293 e. The van der Waals surface area contributed by atoms with Crippen molar-refractivity contribution in [2.45, 2.75) is 12.3 Å².